The van der Waals surface area contributed by atoms with Crippen LogP contribution in [0.1, 0.15) is 25.8 Å². The molecular weight excluding hydrogens is 488 g/mol. The minimum atomic E-state index is -3.88. The van der Waals surface area contributed by atoms with Crippen molar-refractivity contribution in [3.05, 3.63) is 29.8 Å². The number of nitrogens with one attached hydrogen (secondary N) is 1. The molecule has 36 heavy (non-hydrogen) atoms. The highest BCUT2D eigenvalue weighted by Gasteiger charge is 2.32. The van der Waals surface area contributed by atoms with Gasteiger partial charge in [0.25, 0.3) is 0 Å². The molecule has 2 atom stereocenters. The smallest absolute Gasteiger partial charge is 0.241 e. The molecule has 0 bridgehead atoms. The maximum atomic E-state index is 13.6. The molecule has 0 spiro atoms. The number of carbonyl (C=O) groups excluding carboxylic acids is 1. The van der Waals surface area contributed by atoms with Gasteiger partial charge in [0.1, 0.15) is 6.04 Å². The molecule has 2 rings (SSSR count). The monoisotopic (exact) mass is 530 g/mol. The fraction of sp³-hybridized carbons (Fsp3) is 0.720. The number of sulfonamides is 1. The molecule has 11 heteroatoms. The molecular formula is C25H42N2O8S. The average molecular weight is 531 g/mol. The van der Waals surface area contributed by atoms with Crippen LogP contribution in [0.4, 0.5) is 0 Å². The van der Waals surface area contributed by atoms with Crippen LogP contribution in [-0.4, -0.2) is 104 Å². The van der Waals surface area contributed by atoms with Crippen molar-refractivity contribution in [2.75, 3.05) is 79.2 Å². The highest BCUT2D eigenvalue weighted by molar-refractivity contribution is 7.89. The second kappa shape index (κ2) is 17.0. The zero-order chi connectivity index (χ0) is 26.2. The highest BCUT2D eigenvalue weighted by atomic mass is 32.2. The third kappa shape index (κ3) is 11.2. The van der Waals surface area contributed by atoms with Gasteiger partial charge in [-0.3, -0.25) is 4.79 Å². The zero-order valence-electron chi connectivity index (χ0n) is 21.8. The van der Waals surface area contributed by atoms with Crippen LogP contribution < -0.4 is 4.72 Å². The van der Waals surface area contributed by atoms with E-state index in [2.05, 4.69) is 4.72 Å². The Morgan fingerprint density at radius 2 is 1.25 bits per heavy atom. The average Bonchev–Trinajstić information content (AvgIpc) is 2.86. The first kappa shape index (κ1) is 30.6. The lowest BCUT2D eigenvalue weighted by atomic mass is 9.99. The summed E-state index contributed by atoms with van der Waals surface area (Å²) in [6, 6.07) is 5.65. The minimum absolute atomic E-state index is 0.131. The number of hydrogen-bond acceptors (Lipinski definition) is 8. The van der Waals surface area contributed by atoms with Gasteiger partial charge < -0.3 is 28.6 Å². The van der Waals surface area contributed by atoms with Gasteiger partial charge in [0, 0.05) is 13.1 Å². The van der Waals surface area contributed by atoms with Crippen molar-refractivity contribution in [1.82, 2.24) is 9.62 Å². The molecule has 0 aromatic heterocycles. The lowest BCUT2D eigenvalue weighted by Crippen LogP contribution is -2.53. The predicted molar refractivity (Wildman–Crippen MR) is 135 cm³/mol. The van der Waals surface area contributed by atoms with E-state index in [4.69, 9.17) is 23.7 Å². The van der Waals surface area contributed by atoms with Gasteiger partial charge >= 0.3 is 0 Å². The van der Waals surface area contributed by atoms with E-state index in [-0.39, 0.29) is 16.7 Å². The molecule has 1 amide bonds. The molecule has 1 saturated heterocycles. The van der Waals surface area contributed by atoms with Crippen molar-refractivity contribution in [3.63, 3.8) is 0 Å². The first-order valence-electron chi connectivity index (χ1n) is 12.6. The maximum Gasteiger partial charge on any atom is 0.241 e. The van der Waals surface area contributed by atoms with Crippen LogP contribution in [0.15, 0.2) is 29.2 Å². The van der Waals surface area contributed by atoms with Crippen LogP contribution in [0.2, 0.25) is 0 Å². The molecule has 1 aromatic rings. The Labute approximate surface area is 215 Å². The minimum Gasteiger partial charge on any atom is -0.377 e. The zero-order valence-corrected chi connectivity index (χ0v) is 22.6. The Balaban J connectivity index is 2.08. The third-order valence-electron chi connectivity index (χ3n) is 5.90. The van der Waals surface area contributed by atoms with Gasteiger partial charge in [0.05, 0.1) is 71.0 Å². The molecule has 1 aromatic carbocycles. The van der Waals surface area contributed by atoms with Gasteiger partial charge in [-0.25, -0.2) is 8.42 Å². The van der Waals surface area contributed by atoms with E-state index in [1.807, 2.05) is 20.8 Å². The van der Waals surface area contributed by atoms with Crippen molar-refractivity contribution in [2.45, 2.75) is 38.1 Å². The summed E-state index contributed by atoms with van der Waals surface area (Å²) in [5, 5.41) is 0. The van der Waals surface area contributed by atoms with Crippen molar-refractivity contribution in [2.24, 2.45) is 5.92 Å². The van der Waals surface area contributed by atoms with Gasteiger partial charge in [-0.05, 0) is 25.0 Å². The van der Waals surface area contributed by atoms with E-state index in [1.165, 1.54) is 0 Å². The predicted octanol–water partition coefficient (Wildman–Crippen LogP) is 1.61. The third-order valence-corrected chi connectivity index (χ3v) is 7.36. The number of amides is 1. The molecule has 1 aliphatic rings. The summed E-state index contributed by atoms with van der Waals surface area (Å²) in [6.07, 6.45) is 0.631. The second-order valence-electron chi connectivity index (χ2n) is 8.68. The van der Waals surface area contributed by atoms with Gasteiger partial charge in [-0.2, -0.15) is 4.72 Å². The normalized spacial score (nSPS) is 20.1. The molecule has 1 fully saturated rings. The summed E-state index contributed by atoms with van der Waals surface area (Å²) in [7, 11) is -3.88. The summed E-state index contributed by atoms with van der Waals surface area (Å²) < 4.78 is 56.5. The number of ether oxygens (including phenoxy) is 5. The highest BCUT2D eigenvalue weighted by Crippen LogP contribution is 2.17. The summed E-state index contributed by atoms with van der Waals surface area (Å²) >= 11 is 0. The largest absolute Gasteiger partial charge is 0.377 e. The summed E-state index contributed by atoms with van der Waals surface area (Å²) in [5.74, 6) is -0.511. The van der Waals surface area contributed by atoms with Crippen molar-refractivity contribution in [3.8, 4) is 0 Å². The number of aryl methyl sites for hydroxylation is 1. The molecule has 0 radical (unpaired) electrons. The fourth-order valence-electron chi connectivity index (χ4n) is 3.46. The number of hydrogen-bond donors (Lipinski definition) is 1. The topological polar surface area (TPSA) is 113 Å². The van der Waals surface area contributed by atoms with Gasteiger partial charge in [0.15, 0.2) is 0 Å². The SMILES string of the molecule is CC[C@@H](C)[C@H](NS(=O)(=O)c1ccc(C)cc1)C(=O)N1CCOCCOCCOCCOCCOCC1. The molecule has 1 heterocycles. The molecule has 206 valence electrons. The van der Waals surface area contributed by atoms with Crippen LogP contribution in [0.3, 0.4) is 0 Å². The Morgan fingerprint density at radius 3 is 1.67 bits per heavy atom. The van der Waals surface area contributed by atoms with Crippen molar-refractivity contribution >= 4 is 15.9 Å². The Hall–Kier alpha value is -1.60. The molecule has 0 unspecified atom stereocenters. The number of benzene rings is 1. The van der Waals surface area contributed by atoms with Gasteiger partial charge in [0.2, 0.25) is 15.9 Å². The Kier molecular flexibility index (Phi) is 14.5. The molecule has 1 aliphatic heterocycles. The summed E-state index contributed by atoms with van der Waals surface area (Å²) in [6.45, 7) is 10.4. The van der Waals surface area contributed by atoms with E-state index in [9.17, 15) is 13.2 Å². The maximum absolute atomic E-state index is 13.6. The van der Waals surface area contributed by atoms with Crippen LogP contribution in [0.25, 0.3) is 0 Å². The number of rotatable bonds is 6. The first-order valence-corrected chi connectivity index (χ1v) is 14.1. The molecule has 0 saturated carbocycles. The Bertz CT molecular complexity index is 832. The standard InChI is InChI=1S/C25H42N2O8S/c1-4-22(3)24(26-36(29,30)23-7-5-21(2)6-8-23)25(28)27-9-11-31-13-15-33-17-19-35-20-18-34-16-14-32-12-10-27/h5-8,22,24,26H,4,9-20H2,1-3H3/t22-,24+/m1/s1. The van der Waals surface area contributed by atoms with E-state index < -0.39 is 16.1 Å². The fourth-order valence-corrected chi connectivity index (χ4v) is 4.76. The first-order chi connectivity index (χ1) is 17.3. The van der Waals surface area contributed by atoms with Crippen LogP contribution in [0.5, 0.6) is 0 Å². The Morgan fingerprint density at radius 1 is 0.833 bits per heavy atom. The molecule has 1 N–H and O–H groups in total. The van der Waals surface area contributed by atoms with E-state index in [0.717, 1.165) is 5.56 Å². The van der Waals surface area contributed by atoms with Gasteiger partial charge in [-0.1, -0.05) is 38.0 Å². The lowest BCUT2D eigenvalue weighted by Gasteiger charge is -2.30. The summed E-state index contributed by atoms with van der Waals surface area (Å²) in [5.41, 5.74) is 0.955. The van der Waals surface area contributed by atoms with Crippen LogP contribution in [0, 0.1) is 12.8 Å². The number of nitrogens with zero attached hydrogens (tertiary/aromatic N) is 1. The molecule has 10 nitrogen and oxygen atoms in total. The molecule has 0 aliphatic carbocycles. The van der Waals surface area contributed by atoms with Gasteiger partial charge in [-0.15, -0.1) is 0 Å². The number of carbonyl (C=O) groups is 1. The van der Waals surface area contributed by atoms with E-state index in [0.29, 0.717) is 85.6 Å². The van der Waals surface area contributed by atoms with Crippen molar-refractivity contribution < 1.29 is 36.9 Å². The lowest BCUT2D eigenvalue weighted by molar-refractivity contribution is -0.136. The van der Waals surface area contributed by atoms with E-state index >= 15 is 0 Å². The second-order valence-corrected chi connectivity index (χ2v) is 10.4. The quantitative estimate of drug-likeness (QED) is 0.591. The van der Waals surface area contributed by atoms with Crippen LogP contribution >= 0.6 is 0 Å². The van der Waals surface area contributed by atoms with Crippen LogP contribution in [-0.2, 0) is 38.5 Å². The van der Waals surface area contributed by atoms with E-state index in [1.54, 1.807) is 29.2 Å². The van der Waals surface area contributed by atoms with Crippen molar-refractivity contribution in [1.29, 1.82) is 0 Å². The summed E-state index contributed by atoms with van der Waals surface area (Å²) in [4.78, 5) is 15.3.